The third-order valence-corrected chi connectivity index (χ3v) is 2.17. The first-order chi connectivity index (χ1) is 7.24. The van der Waals surface area contributed by atoms with E-state index in [0.29, 0.717) is 19.5 Å². The molecule has 0 aliphatic heterocycles. The van der Waals surface area contributed by atoms with Gasteiger partial charge in [0, 0.05) is 19.2 Å². The number of hydrogen-bond acceptors (Lipinski definition) is 3. The number of nitrogens with zero attached hydrogens (tertiary/aromatic N) is 1. The smallest absolute Gasteiger partial charge is 0.221 e. The van der Waals surface area contributed by atoms with E-state index in [9.17, 15) is 4.79 Å². The number of halogens is 2. The van der Waals surface area contributed by atoms with Crippen LogP contribution in [-0.2, 0) is 11.3 Å². The summed E-state index contributed by atoms with van der Waals surface area (Å²) in [6.07, 6.45) is 2.24. The molecule has 0 atom stereocenters. The number of carbonyl (C=O) groups excluding carboxylic acids is 1. The minimum Gasteiger partial charge on any atom is -0.350 e. The number of carbonyl (C=O) groups is 1. The van der Waals surface area contributed by atoms with Crippen molar-refractivity contribution >= 4 is 30.7 Å². The number of amides is 1. The molecule has 6 heteroatoms. The molecule has 0 unspecified atom stereocenters. The Bertz CT molecular complexity index is 334. The van der Waals surface area contributed by atoms with Crippen molar-refractivity contribution in [1.82, 2.24) is 15.6 Å². The lowest BCUT2D eigenvalue weighted by molar-refractivity contribution is -0.121. The van der Waals surface area contributed by atoms with Gasteiger partial charge < -0.3 is 10.6 Å². The molecule has 98 valence electrons. The predicted octanol–water partition coefficient (Wildman–Crippen LogP) is 1.46. The van der Waals surface area contributed by atoms with Gasteiger partial charge >= 0.3 is 0 Å². The molecule has 0 aliphatic rings. The van der Waals surface area contributed by atoms with E-state index >= 15 is 0 Å². The second-order valence-electron chi connectivity index (χ2n) is 3.40. The fraction of sp³-hybridized carbons (Fsp3) is 0.455. The maximum atomic E-state index is 11.3. The Morgan fingerprint density at radius 3 is 2.71 bits per heavy atom. The van der Waals surface area contributed by atoms with Gasteiger partial charge in [0.05, 0.1) is 12.2 Å². The van der Waals surface area contributed by atoms with E-state index in [4.69, 9.17) is 0 Å². The molecular weight excluding hydrogens is 261 g/mol. The summed E-state index contributed by atoms with van der Waals surface area (Å²) in [7, 11) is 1.83. The van der Waals surface area contributed by atoms with E-state index in [1.165, 1.54) is 0 Å². The second-order valence-corrected chi connectivity index (χ2v) is 3.40. The Hall–Kier alpha value is -0.840. The zero-order valence-electron chi connectivity index (χ0n) is 10.0. The highest BCUT2D eigenvalue weighted by molar-refractivity contribution is 5.85. The Kier molecular flexibility index (Phi) is 11.2. The standard InChI is InChI=1S/C11H17N3O.2ClH/c1-9-4-3-6-13-10(9)8-14-11(15)5-7-12-2;;/h3-4,6,12H,5,7-8H2,1-2H3,(H,14,15);2*1H. The lowest BCUT2D eigenvalue weighted by Gasteiger charge is -2.06. The minimum atomic E-state index is 0. The summed E-state index contributed by atoms with van der Waals surface area (Å²) in [4.78, 5) is 15.5. The van der Waals surface area contributed by atoms with Crippen LogP contribution >= 0.6 is 24.8 Å². The number of pyridine rings is 1. The van der Waals surface area contributed by atoms with E-state index in [2.05, 4.69) is 15.6 Å². The predicted molar refractivity (Wildman–Crippen MR) is 73.9 cm³/mol. The summed E-state index contributed by atoms with van der Waals surface area (Å²) >= 11 is 0. The number of aromatic nitrogens is 1. The van der Waals surface area contributed by atoms with Crippen LogP contribution in [-0.4, -0.2) is 24.5 Å². The summed E-state index contributed by atoms with van der Waals surface area (Å²) in [5.74, 6) is 0.0504. The third kappa shape index (κ3) is 7.15. The molecule has 0 bridgehead atoms. The maximum absolute atomic E-state index is 11.3. The summed E-state index contributed by atoms with van der Waals surface area (Å²) in [6.45, 7) is 3.20. The van der Waals surface area contributed by atoms with Gasteiger partial charge in [0.15, 0.2) is 0 Å². The molecule has 0 fully saturated rings. The first-order valence-corrected chi connectivity index (χ1v) is 5.06. The van der Waals surface area contributed by atoms with Crippen LogP contribution in [0.15, 0.2) is 18.3 Å². The van der Waals surface area contributed by atoms with Crippen molar-refractivity contribution in [3.05, 3.63) is 29.6 Å². The lowest BCUT2D eigenvalue weighted by atomic mass is 10.2. The average Bonchev–Trinajstić information content (AvgIpc) is 2.25. The van der Waals surface area contributed by atoms with Crippen molar-refractivity contribution in [3.8, 4) is 0 Å². The van der Waals surface area contributed by atoms with E-state index in [1.54, 1.807) is 6.20 Å². The first-order valence-electron chi connectivity index (χ1n) is 5.06. The summed E-state index contributed by atoms with van der Waals surface area (Å²) in [6, 6.07) is 3.88. The van der Waals surface area contributed by atoms with Crippen molar-refractivity contribution in [2.75, 3.05) is 13.6 Å². The molecular formula is C11H19Cl2N3O. The highest BCUT2D eigenvalue weighted by Crippen LogP contribution is 2.01. The van der Waals surface area contributed by atoms with Gasteiger partial charge in [0.2, 0.25) is 5.91 Å². The Morgan fingerprint density at radius 2 is 2.12 bits per heavy atom. The fourth-order valence-corrected chi connectivity index (χ4v) is 1.21. The highest BCUT2D eigenvalue weighted by Gasteiger charge is 2.02. The van der Waals surface area contributed by atoms with Crippen LogP contribution in [0.1, 0.15) is 17.7 Å². The van der Waals surface area contributed by atoms with Crippen molar-refractivity contribution in [3.63, 3.8) is 0 Å². The molecule has 0 aliphatic carbocycles. The van der Waals surface area contributed by atoms with Crippen molar-refractivity contribution in [2.45, 2.75) is 19.9 Å². The summed E-state index contributed by atoms with van der Waals surface area (Å²) in [5, 5.41) is 5.76. The molecule has 0 aromatic carbocycles. The lowest BCUT2D eigenvalue weighted by Crippen LogP contribution is -2.26. The van der Waals surface area contributed by atoms with Gasteiger partial charge in [0.25, 0.3) is 0 Å². The van der Waals surface area contributed by atoms with Crippen LogP contribution in [0.3, 0.4) is 0 Å². The second kappa shape index (κ2) is 10.3. The van der Waals surface area contributed by atoms with E-state index < -0.39 is 0 Å². The molecule has 0 spiro atoms. The third-order valence-electron chi connectivity index (χ3n) is 2.17. The minimum absolute atomic E-state index is 0. The van der Waals surface area contributed by atoms with Gasteiger partial charge in [-0.15, -0.1) is 24.8 Å². The number of nitrogens with one attached hydrogen (secondary N) is 2. The van der Waals surface area contributed by atoms with E-state index in [1.807, 2.05) is 26.1 Å². The average molecular weight is 280 g/mol. The SMILES string of the molecule is CNCCC(=O)NCc1ncccc1C.Cl.Cl. The van der Waals surface area contributed by atoms with Crippen LogP contribution in [0.5, 0.6) is 0 Å². The molecule has 1 rings (SSSR count). The van der Waals surface area contributed by atoms with E-state index in [-0.39, 0.29) is 30.7 Å². The largest absolute Gasteiger partial charge is 0.350 e. The maximum Gasteiger partial charge on any atom is 0.221 e. The molecule has 0 saturated heterocycles. The van der Waals surface area contributed by atoms with Gasteiger partial charge in [-0.2, -0.15) is 0 Å². The molecule has 2 N–H and O–H groups in total. The Morgan fingerprint density at radius 1 is 1.41 bits per heavy atom. The molecule has 0 radical (unpaired) electrons. The van der Waals surface area contributed by atoms with Crippen LogP contribution in [0.2, 0.25) is 0 Å². The van der Waals surface area contributed by atoms with Gasteiger partial charge in [-0.1, -0.05) is 6.07 Å². The van der Waals surface area contributed by atoms with Gasteiger partial charge in [-0.3, -0.25) is 9.78 Å². The number of rotatable bonds is 5. The first kappa shape index (κ1) is 18.5. The number of aryl methyl sites for hydroxylation is 1. The van der Waals surface area contributed by atoms with Gasteiger partial charge in [0.1, 0.15) is 0 Å². The molecule has 17 heavy (non-hydrogen) atoms. The normalized spacial score (nSPS) is 8.82. The molecule has 1 aromatic rings. The van der Waals surface area contributed by atoms with Crippen molar-refractivity contribution in [2.24, 2.45) is 0 Å². The van der Waals surface area contributed by atoms with Crippen LogP contribution in [0.25, 0.3) is 0 Å². The van der Waals surface area contributed by atoms with Crippen LogP contribution < -0.4 is 10.6 Å². The van der Waals surface area contributed by atoms with Crippen LogP contribution in [0, 0.1) is 6.92 Å². The molecule has 4 nitrogen and oxygen atoms in total. The quantitative estimate of drug-likeness (QED) is 0.858. The van der Waals surface area contributed by atoms with Crippen LogP contribution in [0.4, 0.5) is 0 Å². The molecule has 1 heterocycles. The zero-order chi connectivity index (χ0) is 11.1. The topological polar surface area (TPSA) is 54.0 Å². The van der Waals surface area contributed by atoms with Crippen molar-refractivity contribution in [1.29, 1.82) is 0 Å². The van der Waals surface area contributed by atoms with Gasteiger partial charge in [-0.25, -0.2) is 0 Å². The summed E-state index contributed by atoms with van der Waals surface area (Å²) in [5.41, 5.74) is 2.03. The van der Waals surface area contributed by atoms with Gasteiger partial charge in [-0.05, 0) is 25.6 Å². The summed E-state index contributed by atoms with van der Waals surface area (Å²) < 4.78 is 0. The van der Waals surface area contributed by atoms with E-state index in [0.717, 1.165) is 11.3 Å². The monoisotopic (exact) mass is 279 g/mol. The zero-order valence-corrected chi connectivity index (χ0v) is 11.7. The Balaban J connectivity index is 0. The fourth-order valence-electron chi connectivity index (χ4n) is 1.21. The molecule has 0 saturated carbocycles. The number of hydrogen-bond donors (Lipinski definition) is 2. The highest BCUT2D eigenvalue weighted by atomic mass is 35.5. The Labute approximate surface area is 114 Å². The van der Waals surface area contributed by atoms with Crippen molar-refractivity contribution < 1.29 is 4.79 Å². The molecule has 1 aromatic heterocycles. The molecule has 1 amide bonds.